The maximum Gasteiger partial charge on any atom is 0.161 e. The smallest absolute Gasteiger partial charge is 0.161 e. The molecule has 1 N–H and O–H groups in total. The van der Waals surface area contributed by atoms with Crippen molar-refractivity contribution in [2.24, 2.45) is 0 Å². The first kappa shape index (κ1) is 21.0. The van der Waals surface area contributed by atoms with E-state index in [9.17, 15) is 5.11 Å². The van der Waals surface area contributed by atoms with Crippen LogP contribution in [0.15, 0.2) is 36.4 Å². The van der Waals surface area contributed by atoms with Crippen molar-refractivity contribution in [1.29, 1.82) is 0 Å². The van der Waals surface area contributed by atoms with Gasteiger partial charge >= 0.3 is 0 Å². The van der Waals surface area contributed by atoms with Crippen LogP contribution in [0, 0.1) is 6.92 Å². The van der Waals surface area contributed by atoms with Crippen molar-refractivity contribution in [1.82, 2.24) is 9.80 Å². The molecule has 2 heterocycles. The van der Waals surface area contributed by atoms with Crippen molar-refractivity contribution < 1.29 is 19.3 Å². The Bertz CT molecular complexity index is 857. The van der Waals surface area contributed by atoms with Crippen LogP contribution in [0.4, 0.5) is 0 Å². The number of benzene rings is 2. The summed E-state index contributed by atoms with van der Waals surface area (Å²) < 4.78 is 16.7. The number of aliphatic hydroxyl groups is 1. The number of methoxy groups -OCH3 is 1. The van der Waals surface area contributed by atoms with E-state index in [0.717, 1.165) is 62.0 Å². The average molecular weight is 413 g/mol. The van der Waals surface area contributed by atoms with E-state index in [4.69, 9.17) is 14.2 Å². The summed E-state index contributed by atoms with van der Waals surface area (Å²) in [5, 5.41) is 9.63. The molecule has 0 bridgehead atoms. The number of fused-ring (bicyclic) bond motifs is 1. The molecular weight excluding hydrogens is 380 g/mol. The first-order chi connectivity index (χ1) is 14.7. The number of rotatable bonds is 7. The predicted octanol–water partition coefficient (Wildman–Crippen LogP) is 2.84. The predicted molar refractivity (Wildman–Crippen MR) is 116 cm³/mol. The van der Waals surface area contributed by atoms with Gasteiger partial charge < -0.3 is 19.3 Å². The molecule has 4 rings (SSSR count). The Morgan fingerprint density at radius 1 is 1.00 bits per heavy atom. The van der Waals surface area contributed by atoms with E-state index >= 15 is 0 Å². The van der Waals surface area contributed by atoms with Gasteiger partial charge in [-0.2, -0.15) is 0 Å². The summed E-state index contributed by atoms with van der Waals surface area (Å²) >= 11 is 0. The Balaban J connectivity index is 1.39. The van der Waals surface area contributed by atoms with Gasteiger partial charge in [-0.1, -0.05) is 18.2 Å². The lowest BCUT2D eigenvalue weighted by atomic mass is 10.0. The number of piperazine rings is 1. The van der Waals surface area contributed by atoms with Gasteiger partial charge in [0, 0.05) is 45.4 Å². The highest BCUT2D eigenvalue weighted by Gasteiger charge is 2.27. The molecule has 1 atom stereocenters. The standard InChI is InChI=1S/C24H32N2O4/c1-18-13-19(3-5-22(18)28-2)16-26-9-8-25(17-21(26)7-10-27)15-20-4-6-23-24(14-20)30-12-11-29-23/h3-6,13-14,21,27H,7-12,15-17H2,1-2H3. The van der Waals surface area contributed by atoms with Gasteiger partial charge in [0.25, 0.3) is 0 Å². The van der Waals surface area contributed by atoms with Crippen LogP contribution in [-0.4, -0.2) is 67.5 Å². The number of aryl methyl sites for hydroxylation is 1. The molecular formula is C24H32N2O4. The van der Waals surface area contributed by atoms with Gasteiger partial charge in [-0.05, 0) is 48.2 Å². The average Bonchev–Trinajstić information content (AvgIpc) is 2.76. The number of nitrogens with zero attached hydrogens (tertiary/aromatic N) is 2. The lowest BCUT2D eigenvalue weighted by Gasteiger charge is -2.41. The van der Waals surface area contributed by atoms with Gasteiger partial charge in [0.05, 0.1) is 7.11 Å². The molecule has 1 unspecified atom stereocenters. The third kappa shape index (κ3) is 4.89. The molecule has 6 nitrogen and oxygen atoms in total. The van der Waals surface area contributed by atoms with Crippen LogP contribution in [0.3, 0.4) is 0 Å². The van der Waals surface area contributed by atoms with Crippen molar-refractivity contribution in [3.05, 3.63) is 53.1 Å². The maximum atomic E-state index is 9.63. The van der Waals surface area contributed by atoms with Crippen LogP contribution < -0.4 is 14.2 Å². The summed E-state index contributed by atoms with van der Waals surface area (Å²) in [6.45, 7) is 8.24. The Labute approximate surface area is 179 Å². The molecule has 1 saturated heterocycles. The summed E-state index contributed by atoms with van der Waals surface area (Å²) in [5.41, 5.74) is 3.68. The summed E-state index contributed by atoms with van der Waals surface area (Å²) in [6, 6.07) is 13.0. The van der Waals surface area contributed by atoms with Gasteiger partial charge in [-0.3, -0.25) is 9.80 Å². The van der Waals surface area contributed by atoms with Gasteiger partial charge in [0.2, 0.25) is 0 Å². The van der Waals surface area contributed by atoms with Crippen molar-refractivity contribution in [3.63, 3.8) is 0 Å². The number of ether oxygens (including phenoxy) is 3. The Morgan fingerprint density at radius 2 is 1.77 bits per heavy atom. The van der Waals surface area contributed by atoms with E-state index in [-0.39, 0.29) is 6.61 Å². The topological polar surface area (TPSA) is 54.4 Å². The highest BCUT2D eigenvalue weighted by molar-refractivity contribution is 5.43. The van der Waals surface area contributed by atoms with Crippen LogP contribution in [0.5, 0.6) is 17.2 Å². The van der Waals surface area contributed by atoms with E-state index in [2.05, 4.69) is 41.0 Å². The first-order valence-electron chi connectivity index (χ1n) is 10.8. The van der Waals surface area contributed by atoms with Crippen LogP contribution in [0.25, 0.3) is 0 Å². The molecule has 0 saturated carbocycles. The molecule has 0 amide bonds. The fourth-order valence-corrected chi connectivity index (χ4v) is 4.45. The minimum Gasteiger partial charge on any atom is -0.496 e. The van der Waals surface area contributed by atoms with E-state index in [1.54, 1.807) is 7.11 Å². The highest BCUT2D eigenvalue weighted by Crippen LogP contribution is 2.31. The zero-order valence-corrected chi connectivity index (χ0v) is 18.0. The van der Waals surface area contributed by atoms with E-state index < -0.39 is 0 Å². The molecule has 162 valence electrons. The summed E-state index contributed by atoms with van der Waals surface area (Å²) in [6.07, 6.45) is 0.784. The monoisotopic (exact) mass is 412 g/mol. The minimum absolute atomic E-state index is 0.209. The van der Waals surface area contributed by atoms with Gasteiger partial charge in [-0.15, -0.1) is 0 Å². The second kappa shape index (κ2) is 9.69. The first-order valence-corrected chi connectivity index (χ1v) is 10.8. The van der Waals surface area contributed by atoms with E-state index in [1.165, 1.54) is 11.1 Å². The number of hydrogen-bond donors (Lipinski definition) is 1. The SMILES string of the molecule is COc1ccc(CN2CCN(Cc3ccc4c(c3)OCCO4)CC2CCO)cc1C. The molecule has 2 aromatic carbocycles. The molecule has 6 heteroatoms. The third-order valence-electron chi connectivity index (χ3n) is 6.01. The molecule has 2 aliphatic rings. The fourth-order valence-electron chi connectivity index (χ4n) is 4.45. The molecule has 0 aliphatic carbocycles. The largest absolute Gasteiger partial charge is 0.496 e. The summed E-state index contributed by atoms with van der Waals surface area (Å²) in [4.78, 5) is 4.97. The Hall–Kier alpha value is -2.28. The minimum atomic E-state index is 0.209. The van der Waals surface area contributed by atoms with Crippen LogP contribution in [0.1, 0.15) is 23.1 Å². The van der Waals surface area contributed by atoms with Crippen molar-refractivity contribution >= 4 is 0 Å². The molecule has 0 spiro atoms. The van der Waals surface area contributed by atoms with Gasteiger partial charge in [0.15, 0.2) is 11.5 Å². The van der Waals surface area contributed by atoms with Crippen molar-refractivity contribution in [2.45, 2.75) is 32.5 Å². The molecule has 0 aromatic heterocycles. The van der Waals surface area contributed by atoms with Crippen LogP contribution in [-0.2, 0) is 13.1 Å². The molecule has 1 fully saturated rings. The van der Waals surface area contributed by atoms with E-state index in [0.29, 0.717) is 19.3 Å². The van der Waals surface area contributed by atoms with Crippen LogP contribution in [0.2, 0.25) is 0 Å². The van der Waals surface area contributed by atoms with Crippen molar-refractivity contribution in [3.8, 4) is 17.2 Å². The second-order valence-electron chi connectivity index (χ2n) is 8.15. The number of hydrogen-bond acceptors (Lipinski definition) is 6. The lowest BCUT2D eigenvalue weighted by Crippen LogP contribution is -2.52. The fraction of sp³-hybridized carbons (Fsp3) is 0.500. The molecule has 0 radical (unpaired) electrons. The zero-order chi connectivity index (χ0) is 20.9. The zero-order valence-electron chi connectivity index (χ0n) is 18.0. The van der Waals surface area contributed by atoms with Crippen LogP contribution >= 0.6 is 0 Å². The molecule has 2 aromatic rings. The maximum absolute atomic E-state index is 9.63. The normalized spacial score (nSPS) is 19.6. The summed E-state index contributed by atoms with van der Waals surface area (Å²) in [7, 11) is 1.71. The quantitative estimate of drug-likeness (QED) is 0.755. The molecule has 2 aliphatic heterocycles. The number of aliphatic hydroxyl groups excluding tert-OH is 1. The third-order valence-corrected chi connectivity index (χ3v) is 6.01. The Morgan fingerprint density at radius 3 is 2.53 bits per heavy atom. The summed E-state index contributed by atoms with van der Waals surface area (Å²) in [5.74, 6) is 2.61. The highest BCUT2D eigenvalue weighted by atomic mass is 16.6. The molecule has 30 heavy (non-hydrogen) atoms. The van der Waals surface area contributed by atoms with Crippen molar-refractivity contribution in [2.75, 3.05) is 46.6 Å². The van der Waals surface area contributed by atoms with E-state index in [1.807, 2.05) is 12.1 Å². The second-order valence-corrected chi connectivity index (χ2v) is 8.15. The van der Waals surface area contributed by atoms with Gasteiger partial charge in [-0.25, -0.2) is 0 Å². The Kier molecular flexibility index (Phi) is 6.77. The lowest BCUT2D eigenvalue weighted by molar-refractivity contribution is 0.0499. The van der Waals surface area contributed by atoms with Gasteiger partial charge in [0.1, 0.15) is 19.0 Å².